The van der Waals surface area contributed by atoms with Crippen molar-refractivity contribution in [3.8, 4) is 0 Å². The van der Waals surface area contributed by atoms with Gasteiger partial charge in [-0.15, -0.1) is 0 Å². The van der Waals surface area contributed by atoms with Crippen LogP contribution in [0.1, 0.15) is 52.9 Å². The smallest absolute Gasteiger partial charge is 0.253 e. The Hall–Kier alpha value is -2.16. The third-order valence-electron chi connectivity index (χ3n) is 4.14. The highest BCUT2D eigenvalue weighted by Crippen LogP contribution is 2.24. The molecule has 0 unspecified atom stereocenters. The molecule has 2 aromatic rings. The molecule has 1 amide bonds. The number of rotatable bonds is 3. The minimum absolute atomic E-state index is 0.00457. The standard InChI is InChI=1S/C18H20N2O/c1-13(20-18(21)17-7-4-10-19-12-17)15-9-8-14-5-2-3-6-16(14)11-15/h4,7-13H,2-3,5-6H2,1H3,(H,20,21)/t13-/m1/s1. The summed E-state index contributed by atoms with van der Waals surface area (Å²) in [6.07, 6.45) is 8.17. The highest BCUT2D eigenvalue weighted by Gasteiger charge is 2.14. The SMILES string of the molecule is C[C@@H](NC(=O)c1cccnc1)c1ccc2c(c1)CCCC2. The fraction of sp³-hybridized carbons (Fsp3) is 0.333. The number of fused-ring (bicyclic) bond motifs is 1. The van der Waals surface area contributed by atoms with E-state index in [-0.39, 0.29) is 11.9 Å². The maximum atomic E-state index is 12.2. The Kier molecular flexibility index (Phi) is 4.00. The van der Waals surface area contributed by atoms with E-state index in [2.05, 4.69) is 28.5 Å². The summed E-state index contributed by atoms with van der Waals surface area (Å²) >= 11 is 0. The number of hydrogen-bond acceptors (Lipinski definition) is 2. The van der Waals surface area contributed by atoms with Crippen LogP contribution in [-0.4, -0.2) is 10.9 Å². The van der Waals surface area contributed by atoms with Crippen LogP contribution in [-0.2, 0) is 12.8 Å². The molecule has 1 aromatic heterocycles. The molecule has 1 aromatic carbocycles. The monoisotopic (exact) mass is 280 g/mol. The second kappa shape index (κ2) is 6.08. The number of hydrogen-bond donors (Lipinski definition) is 1. The summed E-state index contributed by atoms with van der Waals surface area (Å²) < 4.78 is 0. The van der Waals surface area contributed by atoms with Crippen molar-refractivity contribution < 1.29 is 4.79 Å². The van der Waals surface area contributed by atoms with Crippen molar-refractivity contribution in [2.24, 2.45) is 0 Å². The van der Waals surface area contributed by atoms with E-state index in [1.807, 2.05) is 6.92 Å². The van der Waals surface area contributed by atoms with Gasteiger partial charge in [0.15, 0.2) is 0 Å². The number of nitrogens with one attached hydrogen (secondary N) is 1. The van der Waals surface area contributed by atoms with Crippen LogP contribution in [0.2, 0.25) is 0 Å². The average Bonchev–Trinajstić information content (AvgIpc) is 2.55. The van der Waals surface area contributed by atoms with E-state index in [1.54, 1.807) is 24.5 Å². The van der Waals surface area contributed by atoms with Crippen LogP contribution in [0.4, 0.5) is 0 Å². The third kappa shape index (κ3) is 3.13. The van der Waals surface area contributed by atoms with Gasteiger partial charge < -0.3 is 5.32 Å². The van der Waals surface area contributed by atoms with Crippen LogP contribution in [0.15, 0.2) is 42.7 Å². The van der Waals surface area contributed by atoms with Gasteiger partial charge in [-0.2, -0.15) is 0 Å². The van der Waals surface area contributed by atoms with Gasteiger partial charge in [0.1, 0.15) is 0 Å². The second-order valence-corrected chi connectivity index (χ2v) is 5.67. The van der Waals surface area contributed by atoms with Crippen LogP contribution >= 0.6 is 0 Å². The molecule has 3 nitrogen and oxygen atoms in total. The molecule has 1 atom stereocenters. The van der Waals surface area contributed by atoms with E-state index in [1.165, 1.54) is 36.0 Å². The first-order chi connectivity index (χ1) is 10.2. The summed E-state index contributed by atoms with van der Waals surface area (Å²) in [5.74, 6) is -0.0756. The molecule has 21 heavy (non-hydrogen) atoms. The van der Waals surface area contributed by atoms with E-state index < -0.39 is 0 Å². The van der Waals surface area contributed by atoms with Gasteiger partial charge in [0.05, 0.1) is 11.6 Å². The number of nitrogens with zero attached hydrogens (tertiary/aromatic N) is 1. The fourth-order valence-electron chi connectivity index (χ4n) is 2.88. The van der Waals surface area contributed by atoms with E-state index in [9.17, 15) is 4.79 Å². The van der Waals surface area contributed by atoms with Crippen LogP contribution in [0.5, 0.6) is 0 Å². The molecule has 1 aliphatic carbocycles. The topological polar surface area (TPSA) is 42.0 Å². The molecule has 3 heteroatoms. The number of aryl methyl sites for hydroxylation is 2. The summed E-state index contributed by atoms with van der Waals surface area (Å²) in [7, 11) is 0. The van der Waals surface area contributed by atoms with Gasteiger partial charge in [-0.3, -0.25) is 9.78 Å². The van der Waals surface area contributed by atoms with Gasteiger partial charge in [0, 0.05) is 12.4 Å². The molecular formula is C18H20N2O. The zero-order chi connectivity index (χ0) is 14.7. The van der Waals surface area contributed by atoms with Crippen LogP contribution in [0.25, 0.3) is 0 Å². The van der Waals surface area contributed by atoms with Crippen molar-refractivity contribution in [2.75, 3.05) is 0 Å². The Bertz CT molecular complexity index is 637. The van der Waals surface area contributed by atoms with E-state index in [0.29, 0.717) is 5.56 Å². The normalized spacial score (nSPS) is 15.1. The Morgan fingerprint density at radius 2 is 2.00 bits per heavy atom. The van der Waals surface area contributed by atoms with Crippen molar-refractivity contribution in [3.05, 3.63) is 65.0 Å². The molecule has 0 bridgehead atoms. The quantitative estimate of drug-likeness (QED) is 0.935. The Morgan fingerprint density at radius 3 is 2.76 bits per heavy atom. The average molecular weight is 280 g/mol. The maximum absolute atomic E-state index is 12.2. The fourth-order valence-corrected chi connectivity index (χ4v) is 2.88. The molecule has 0 spiro atoms. The minimum atomic E-state index is -0.0756. The van der Waals surface area contributed by atoms with Crippen molar-refractivity contribution in [1.29, 1.82) is 0 Å². The number of pyridine rings is 1. The molecule has 108 valence electrons. The molecule has 0 aliphatic heterocycles. The lowest BCUT2D eigenvalue weighted by molar-refractivity contribution is 0.0939. The van der Waals surface area contributed by atoms with Gasteiger partial charge in [0.25, 0.3) is 5.91 Å². The molecule has 0 saturated heterocycles. The van der Waals surface area contributed by atoms with Crippen LogP contribution < -0.4 is 5.32 Å². The van der Waals surface area contributed by atoms with Gasteiger partial charge in [-0.25, -0.2) is 0 Å². The van der Waals surface area contributed by atoms with Gasteiger partial charge in [-0.1, -0.05) is 18.2 Å². The lowest BCUT2D eigenvalue weighted by atomic mass is 9.89. The number of carbonyl (C=O) groups excluding carboxylic acids is 1. The maximum Gasteiger partial charge on any atom is 0.253 e. The lowest BCUT2D eigenvalue weighted by Gasteiger charge is -2.20. The molecular weight excluding hydrogens is 260 g/mol. The van der Waals surface area contributed by atoms with Crippen molar-refractivity contribution in [3.63, 3.8) is 0 Å². The first-order valence-corrected chi connectivity index (χ1v) is 7.56. The predicted octanol–water partition coefficient (Wildman–Crippen LogP) is 3.45. The summed E-state index contributed by atoms with van der Waals surface area (Å²) in [5, 5.41) is 3.04. The van der Waals surface area contributed by atoms with Crippen LogP contribution in [0, 0.1) is 0 Å². The van der Waals surface area contributed by atoms with Crippen molar-refractivity contribution in [2.45, 2.75) is 38.6 Å². The number of amides is 1. The summed E-state index contributed by atoms with van der Waals surface area (Å²) in [4.78, 5) is 16.1. The highest BCUT2D eigenvalue weighted by molar-refractivity contribution is 5.94. The molecule has 1 N–H and O–H groups in total. The van der Waals surface area contributed by atoms with Crippen molar-refractivity contribution >= 4 is 5.91 Å². The minimum Gasteiger partial charge on any atom is -0.345 e. The second-order valence-electron chi connectivity index (χ2n) is 5.67. The first-order valence-electron chi connectivity index (χ1n) is 7.56. The molecule has 1 heterocycles. The molecule has 0 saturated carbocycles. The van der Waals surface area contributed by atoms with Gasteiger partial charge in [0.2, 0.25) is 0 Å². The summed E-state index contributed by atoms with van der Waals surface area (Å²) in [5.41, 5.74) is 4.69. The van der Waals surface area contributed by atoms with Crippen LogP contribution in [0.3, 0.4) is 0 Å². The lowest BCUT2D eigenvalue weighted by Crippen LogP contribution is -2.26. The number of benzene rings is 1. The van der Waals surface area contributed by atoms with E-state index >= 15 is 0 Å². The van der Waals surface area contributed by atoms with Crippen molar-refractivity contribution in [1.82, 2.24) is 10.3 Å². The number of aromatic nitrogens is 1. The largest absolute Gasteiger partial charge is 0.345 e. The Balaban J connectivity index is 1.73. The van der Waals surface area contributed by atoms with Gasteiger partial charge in [-0.05, 0) is 61.4 Å². The summed E-state index contributed by atoms with van der Waals surface area (Å²) in [6.45, 7) is 2.03. The van der Waals surface area contributed by atoms with Gasteiger partial charge >= 0.3 is 0 Å². The zero-order valence-corrected chi connectivity index (χ0v) is 12.3. The van der Waals surface area contributed by atoms with E-state index in [4.69, 9.17) is 0 Å². The number of carbonyl (C=O) groups is 1. The zero-order valence-electron chi connectivity index (χ0n) is 12.3. The third-order valence-corrected chi connectivity index (χ3v) is 4.14. The predicted molar refractivity (Wildman–Crippen MR) is 83.2 cm³/mol. The van der Waals surface area contributed by atoms with E-state index in [0.717, 1.165) is 6.42 Å². The Morgan fingerprint density at radius 1 is 1.19 bits per heavy atom. The molecule has 1 aliphatic rings. The molecule has 3 rings (SSSR count). The summed E-state index contributed by atoms with van der Waals surface area (Å²) in [6, 6.07) is 10.2. The Labute approximate surface area is 125 Å². The molecule has 0 radical (unpaired) electrons. The molecule has 0 fully saturated rings. The highest BCUT2D eigenvalue weighted by atomic mass is 16.1. The first kappa shape index (κ1) is 13.8.